The van der Waals surface area contributed by atoms with Crippen molar-refractivity contribution < 1.29 is 9.53 Å². The molecule has 1 amide bonds. The normalized spacial score (nSPS) is 10.9. The SMILES string of the molecule is CCc1ccc(OCCCCn2c(CNC(=O)c3ccncc3)nc3ccccc32)cc1. The van der Waals surface area contributed by atoms with Gasteiger partial charge in [0.1, 0.15) is 11.6 Å². The molecule has 0 saturated heterocycles. The number of pyridine rings is 1. The van der Waals surface area contributed by atoms with Gasteiger partial charge in [-0.3, -0.25) is 9.78 Å². The van der Waals surface area contributed by atoms with Gasteiger partial charge in [-0.15, -0.1) is 0 Å². The monoisotopic (exact) mass is 428 g/mol. The number of fused-ring (bicyclic) bond motifs is 1. The summed E-state index contributed by atoms with van der Waals surface area (Å²) in [5.74, 6) is 1.63. The van der Waals surface area contributed by atoms with E-state index >= 15 is 0 Å². The van der Waals surface area contributed by atoms with Crippen LogP contribution in [0.1, 0.15) is 41.5 Å². The van der Waals surface area contributed by atoms with E-state index in [1.807, 2.05) is 30.3 Å². The van der Waals surface area contributed by atoms with Gasteiger partial charge in [-0.05, 0) is 61.2 Å². The van der Waals surface area contributed by atoms with Crippen LogP contribution >= 0.6 is 0 Å². The summed E-state index contributed by atoms with van der Waals surface area (Å²) in [4.78, 5) is 21.1. The minimum Gasteiger partial charge on any atom is -0.494 e. The zero-order chi connectivity index (χ0) is 22.2. The number of amides is 1. The molecule has 0 unspecified atom stereocenters. The summed E-state index contributed by atoms with van der Waals surface area (Å²) in [5, 5.41) is 2.97. The number of hydrogen-bond acceptors (Lipinski definition) is 4. The van der Waals surface area contributed by atoms with Crippen LogP contribution in [0.15, 0.2) is 73.1 Å². The Morgan fingerprint density at radius 1 is 1.00 bits per heavy atom. The lowest BCUT2D eigenvalue weighted by Gasteiger charge is -2.11. The molecule has 0 aliphatic heterocycles. The standard InChI is InChI=1S/C26H28N4O2/c1-2-20-9-11-22(12-10-20)32-18-6-5-17-30-24-8-4-3-7-23(24)29-25(30)19-28-26(31)21-13-15-27-16-14-21/h3-4,7-16H,2,5-6,17-19H2,1H3,(H,28,31). The molecule has 0 fully saturated rings. The summed E-state index contributed by atoms with van der Waals surface area (Å²) in [6.07, 6.45) is 6.16. The van der Waals surface area contributed by atoms with Gasteiger partial charge in [0.25, 0.3) is 5.91 Å². The predicted octanol–water partition coefficient (Wildman–Crippen LogP) is 4.78. The molecule has 2 aromatic carbocycles. The zero-order valence-electron chi connectivity index (χ0n) is 18.3. The van der Waals surface area contributed by atoms with Crippen molar-refractivity contribution in [3.63, 3.8) is 0 Å². The second-order valence-electron chi connectivity index (χ2n) is 7.64. The molecule has 6 heteroatoms. The molecular formula is C26H28N4O2. The number of para-hydroxylation sites is 2. The summed E-state index contributed by atoms with van der Waals surface area (Å²) >= 11 is 0. The molecule has 0 radical (unpaired) electrons. The minimum absolute atomic E-state index is 0.131. The summed E-state index contributed by atoms with van der Waals surface area (Å²) in [6.45, 7) is 4.01. The maximum absolute atomic E-state index is 12.4. The molecule has 2 heterocycles. The average Bonchev–Trinajstić information content (AvgIpc) is 3.20. The number of imidazole rings is 1. The van der Waals surface area contributed by atoms with E-state index < -0.39 is 0 Å². The lowest BCUT2D eigenvalue weighted by Crippen LogP contribution is -2.24. The summed E-state index contributed by atoms with van der Waals surface area (Å²) < 4.78 is 8.08. The van der Waals surface area contributed by atoms with Crippen molar-refractivity contribution in [3.8, 4) is 5.75 Å². The Labute approximate surface area is 188 Å². The van der Waals surface area contributed by atoms with Gasteiger partial charge in [0, 0.05) is 24.5 Å². The topological polar surface area (TPSA) is 69.0 Å². The Hall–Kier alpha value is -3.67. The molecular weight excluding hydrogens is 400 g/mol. The van der Waals surface area contributed by atoms with E-state index in [9.17, 15) is 4.79 Å². The van der Waals surface area contributed by atoms with Gasteiger partial charge >= 0.3 is 0 Å². The minimum atomic E-state index is -0.131. The van der Waals surface area contributed by atoms with E-state index in [1.165, 1.54) is 5.56 Å². The molecule has 0 aliphatic carbocycles. The molecule has 32 heavy (non-hydrogen) atoms. The number of benzene rings is 2. The lowest BCUT2D eigenvalue weighted by molar-refractivity contribution is 0.0949. The largest absolute Gasteiger partial charge is 0.494 e. The van der Waals surface area contributed by atoms with Crippen molar-refractivity contribution in [3.05, 3.63) is 90.0 Å². The van der Waals surface area contributed by atoms with Gasteiger partial charge in [0.15, 0.2) is 0 Å². The second kappa shape index (κ2) is 10.6. The molecule has 4 rings (SSSR count). The van der Waals surface area contributed by atoms with Crippen LogP contribution in [-0.4, -0.2) is 27.0 Å². The van der Waals surface area contributed by atoms with E-state index in [1.54, 1.807) is 24.5 Å². The number of ether oxygens (including phenoxy) is 1. The zero-order valence-corrected chi connectivity index (χ0v) is 18.3. The highest BCUT2D eigenvalue weighted by atomic mass is 16.5. The highest BCUT2D eigenvalue weighted by Crippen LogP contribution is 2.18. The highest BCUT2D eigenvalue weighted by molar-refractivity contribution is 5.93. The smallest absolute Gasteiger partial charge is 0.251 e. The van der Waals surface area contributed by atoms with Crippen molar-refractivity contribution in [2.24, 2.45) is 0 Å². The van der Waals surface area contributed by atoms with Gasteiger partial charge < -0.3 is 14.6 Å². The van der Waals surface area contributed by atoms with E-state index in [0.29, 0.717) is 18.7 Å². The number of hydrogen-bond donors (Lipinski definition) is 1. The van der Waals surface area contributed by atoms with Crippen LogP contribution in [0.3, 0.4) is 0 Å². The molecule has 0 atom stereocenters. The molecule has 164 valence electrons. The van der Waals surface area contributed by atoms with E-state index in [0.717, 1.165) is 48.4 Å². The quantitative estimate of drug-likeness (QED) is 0.369. The van der Waals surface area contributed by atoms with E-state index in [2.05, 4.69) is 40.0 Å². The van der Waals surface area contributed by atoms with Crippen LogP contribution in [0.5, 0.6) is 5.75 Å². The Morgan fingerprint density at radius 3 is 2.56 bits per heavy atom. The number of rotatable bonds is 10. The van der Waals surface area contributed by atoms with Gasteiger partial charge in [0.2, 0.25) is 0 Å². The molecule has 0 saturated carbocycles. The third kappa shape index (κ3) is 5.32. The molecule has 2 aromatic heterocycles. The number of carbonyl (C=O) groups excluding carboxylic acids is 1. The van der Waals surface area contributed by atoms with Crippen molar-refractivity contribution in [1.29, 1.82) is 0 Å². The molecule has 0 spiro atoms. The van der Waals surface area contributed by atoms with Crippen LogP contribution in [0.2, 0.25) is 0 Å². The third-order valence-electron chi connectivity index (χ3n) is 5.46. The summed E-state index contributed by atoms with van der Waals surface area (Å²) in [5.41, 5.74) is 3.92. The molecule has 1 N–H and O–H groups in total. The second-order valence-corrected chi connectivity index (χ2v) is 7.64. The number of nitrogens with one attached hydrogen (secondary N) is 1. The number of carbonyl (C=O) groups is 1. The van der Waals surface area contributed by atoms with Crippen molar-refractivity contribution in [2.75, 3.05) is 6.61 Å². The van der Waals surface area contributed by atoms with Gasteiger partial charge in [-0.1, -0.05) is 31.2 Å². The average molecular weight is 429 g/mol. The first-order valence-corrected chi connectivity index (χ1v) is 11.1. The molecule has 6 nitrogen and oxygen atoms in total. The maximum atomic E-state index is 12.4. The highest BCUT2D eigenvalue weighted by Gasteiger charge is 2.12. The third-order valence-corrected chi connectivity index (χ3v) is 5.46. The van der Waals surface area contributed by atoms with Crippen LogP contribution in [0.4, 0.5) is 0 Å². The fourth-order valence-electron chi connectivity index (χ4n) is 3.66. The van der Waals surface area contributed by atoms with Crippen molar-refractivity contribution in [2.45, 2.75) is 39.3 Å². The van der Waals surface area contributed by atoms with Gasteiger partial charge in [-0.25, -0.2) is 4.98 Å². The number of aromatic nitrogens is 3. The van der Waals surface area contributed by atoms with E-state index in [4.69, 9.17) is 9.72 Å². The van der Waals surface area contributed by atoms with Crippen LogP contribution < -0.4 is 10.1 Å². The number of nitrogens with zero attached hydrogens (tertiary/aromatic N) is 3. The maximum Gasteiger partial charge on any atom is 0.251 e. The first-order chi connectivity index (χ1) is 15.7. The first-order valence-electron chi connectivity index (χ1n) is 11.1. The molecule has 0 bridgehead atoms. The summed E-state index contributed by atoms with van der Waals surface area (Å²) in [6, 6.07) is 19.8. The Morgan fingerprint density at radius 2 is 1.78 bits per heavy atom. The van der Waals surface area contributed by atoms with Gasteiger partial charge in [-0.2, -0.15) is 0 Å². The van der Waals surface area contributed by atoms with Crippen molar-refractivity contribution in [1.82, 2.24) is 19.9 Å². The first kappa shape index (κ1) is 21.6. The Balaban J connectivity index is 1.35. The Bertz CT molecular complexity index is 1150. The van der Waals surface area contributed by atoms with Crippen LogP contribution in [0.25, 0.3) is 11.0 Å². The fourth-order valence-corrected chi connectivity index (χ4v) is 3.66. The van der Waals surface area contributed by atoms with Crippen molar-refractivity contribution >= 4 is 16.9 Å². The number of aryl methyl sites for hydroxylation is 2. The lowest BCUT2D eigenvalue weighted by atomic mass is 10.2. The van der Waals surface area contributed by atoms with E-state index in [-0.39, 0.29) is 5.91 Å². The van der Waals surface area contributed by atoms with Gasteiger partial charge in [0.05, 0.1) is 24.2 Å². The summed E-state index contributed by atoms with van der Waals surface area (Å²) in [7, 11) is 0. The Kier molecular flexibility index (Phi) is 7.12. The van der Waals surface area contributed by atoms with Crippen LogP contribution in [0, 0.1) is 0 Å². The van der Waals surface area contributed by atoms with Crippen LogP contribution in [-0.2, 0) is 19.5 Å². The number of unbranched alkanes of at least 4 members (excludes halogenated alkanes) is 1. The fraction of sp³-hybridized carbons (Fsp3) is 0.269. The molecule has 4 aromatic rings. The predicted molar refractivity (Wildman–Crippen MR) is 126 cm³/mol. The molecule has 0 aliphatic rings.